The third-order valence-electron chi connectivity index (χ3n) is 4.95. The summed E-state index contributed by atoms with van der Waals surface area (Å²) < 4.78 is 32.5. The Morgan fingerprint density at radius 3 is 2.52 bits per heavy atom. The lowest BCUT2D eigenvalue weighted by molar-refractivity contribution is -0.126. The molecule has 0 aromatic heterocycles. The number of nitrogens with one attached hydrogen (secondary N) is 1. The topological polar surface area (TPSA) is 75.7 Å². The molecule has 156 valence electrons. The predicted molar refractivity (Wildman–Crippen MR) is 113 cm³/mol. The molecule has 8 heteroatoms. The van der Waals surface area contributed by atoms with Crippen molar-refractivity contribution >= 4 is 27.5 Å². The molecule has 1 aliphatic heterocycles. The summed E-state index contributed by atoms with van der Waals surface area (Å²) in [7, 11) is -3.51. The summed E-state index contributed by atoms with van der Waals surface area (Å²) in [5.41, 5.74) is 1.01. The number of nitrogens with zero attached hydrogens (tertiary/aromatic N) is 1. The molecule has 1 amide bonds. The maximum absolute atomic E-state index is 12.7. The Labute approximate surface area is 176 Å². The second-order valence-corrected chi connectivity index (χ2v) is 9.46. The van der Waals surface area contributed by atoms with Gasteiger partial charge in [0.05, 0.1) is 11.4 Å². The molecule has 1 N–H and O–H groups in total. The number of sulfonamides is 1. The number of ether oxygens (including phenoxy) is 1. The van der Waals surface area contributed by atoms with Gasteiger partial charge in [-0.2, -0.15) is 4.31 Å². The number of aryl methyl sites for hydroxylation is 1. The number of piperidine rings is 1. The Morgan fingerprint density at radius 1 is 1.17 bits per heavy atom. The molecule has 1 aliphatic rings. The van der Waals surface area contributed by atoms with Crippen molar-refractivity contribution in [2.24, 2.45) is 5.92 Å². The summed E-state index contributed by atoms with van der Waals surface area (Å²) >= 11 is 5.90. The van der Waals surface area contributed by atoms with Crippen LogP contribution in [-0.2, 0) is 14.8 Å². The zero-order chi connectivity index (χ0) is 20.9. The predicted octanol–water partition coefficient (Wildman–Crippen LogP) is 3.24. The fourth-order valence-corrected chi connectivity index (χ4v) is 4.91. The molecule has 6 nitrogen and oxygen atoms in total. The van der Waals surface area contributed by atoms with Crippen LogP contribution in [0.15, 0.2) is 53.4 Å². The number of amides is 1. The Balaban J connectivity index is 1.44. The van der Waals surface area contributed by atoms with Crippen LogP contribution in [0.4, 0.5) is 0 Å². The monoisotopic (exact) mass is 436 g/mol. The summed E-state index contributed by atoms with van der Waals surface area (Å²) in [5.74, 6) is 0.402. The second kappa shape index (κ2) is 9.61. The molecule has 0 radical (unpaired) electrons. The highest BCUT2D eigenvalue weighted by atomic mass is 35.5. The standard InChI is InChI=1S/C21H25ClN2O4S/c1-16-5-7-20(8-6-16)29(26,27)24-12-9-17(10-13-24)21(25)23-11-14-28-19-4-2-3-18(22)15-19/h2-8,15,17H,9-14H2,1H3,(H,23,25). The molecule has 1 heterocycles. The fourth-order valence-electron chi connectivity index (χ4n) is 3.26. The summed E-state index contributed by atoms with van der Waals surface area (Å²) in [6.07, 6.45) is 1.01. The van der Waals surface area contributed by atoms with Crippen LogP contribution >= 0.6 is 11.6 Å². The number of hydrogen-bond donors (Lipinski definition) is 1. The summed E-state index contributed by atoms with van der Waals surface area (Å²) in [4.78, 5) is 12.7. The lowest BCUT2D eigenvalue weighted by atomic mass is 9.97. The minimum atomic E-state index is -3.51. The molecule has 0 saturated carbocycles. The van der Waals surface area contributed by atoms with E-state index in [1.54, 1.807) is 48.5 Å². The zero-order valence-electron chi connectivity index (χ0n) is 16.3. The smallest absolute Gasteiger partial charge is 0.243 e. The van der Waals surface area contributed by atoms with E-state index in [0.29, 0.717) is 54.8 Å². The van der Waals surface area contributed by atoms with Gasteiger partial charge in [0.1, 0.15) is 12.4 Å². The highest BCUT2D eigenvalue weighted by Gasteiger charge is 2.31. The summed E-state index contributed by atoms with van der Waals surface area (Å²) in [5, 5.41) is 3.46. The highest BCUT2D eigenvalue weighted by molar-refractivity contribution is 7.89. The molecule has 1 fully saturated rings. The van der Waals surface area contributed by atoms with Crippen molar-refractivity contribution in [2.45, 2.75) is 24.7 Å². The van der Waals surface area contributed by atoms with Crippen LogP contribution in [0, 0.1) is 12.8 Å². The molecule has 3 rings (SSSR count). The molecule has 2 aromatic rings. The van der Waals surface area contributed by atoms with Gasteiger partial charge in [-0.3, -0.25) is 4.79 Å². The molecule has 2 aromatic carbocycles. The first-order chi connectivity index (χ1) is 13.9. The Bertz CT molecular complexity index is 939. The van der Waals surface area contributed by atoms with Gasteiger partial charge in [-0.1, -0.05) is 35.4 Å². The minimum absolute atomic E-state index is 0.0629. The van der Waals surface area contributed by atoms with E-state index in [1.807, 2.05) is 6.92 Å². The molecule has 0 spiro atoms. The average molecular weight is 437 g/mol. The average Bonchev–Trinajstić information content (AvgIpc) is 2.71. The van der Waals surface area contributed by atoms with E-state index in [4.69, 9.17) is 16.3 Å². The van der Waals surface area contributed by atoms with Crippen LogP contribution < -0.4 is 10.1 Å². The first kappa shape index (κ1) is 21.6. The molecule has 0 unspecified atom stereocenters. The van der Waals surface area contributed by atoms with Gasteiger partial charge in [0.15, 0.2) is 0 Å². The first-order valence-electron chi connectivity index (χ1n) is 9.59. The molecular formula is C21H25ClN2O4S. The molecule has 0 bridgehead atoms. The normalized spacial score (nSPS) is 15.8. The molecule has 0 aliphatic carbocycles. The van der Waals surface area contributed by atoms with Crippen LogP contribution in [0.25, 0.3) is 0 Å². The first-order valence-corrected chi connectivity index (χ1v) is 11.4. The van der Waals surface area contributed by atoms with Crippen molar-refractivity contribution in [2.75, 3.05) is 26.2 Å². The van der Waals surface area contributed by atoms with Crippen molar-refractivity contribution in [3.05, 3.63) is 59.1 Å². The quantitative estimate of drug-likeness (QED) is 0.676. The number of rotatable bonds is 7. The van der Waals surface area contributed by atoms with Gasteiger partial charge in [0.2, 0.25) is 15.9 Å². The molecule has 29 heavy (non-hydrogen) atoms. The van der Waals surface area contributed by atoms with Crippen molar-refractivity contribution in [1.29, 1.82) is 0 Å². The fraction of sp³-hybridized carbons (Fsp3) is 0.381. The van der Waals surface area contributed by atoms with Crippen LogP contribution in [0.2, 0.25) is 5.02 Å². The third kappa shape index (κ3) is 5.72. The lowest BCUT2D eigenvalue weighted by Gasteiger charge is -2.30. The number of carbonyl (C=O) groups excluding carboxylic acids is 1. The largest absolute Gasteiger partial charge is 0.492 e. The van der Waals surface area contributed by atoms with E-state index < -0.39 is 10.0 Å². The second-order valence-electron chi connectivity index (χ2n) is 7.09. The van der Waals surface area contributed by atoms with E-state index in [-0.39, 0.29) is 11.8 Å². The van der Waals surface area contributed by atoms with Gasteiger partial charge in [0.25, 0.3) is 0 Å². The van der Waals surface area contributed by atoms with E-state index in [2.05, 4.69) is 5.32 Å². The van der Waals surface area contributed by atoms with Crippen molar-refractivity contribution in [3.63, 3.8) is 0 Å². The van der Waals surface area contributed by atoms with Crippen LogP contribution in [0.1, 0.15) is 18.4 Å². The van der Waals surface area contributed by atoms with E-state index in [0.717, 1.165) is 5.56 Å². The van der Waals surface area contributed by atoms with Crippen LogP contribution in [0.3, 0.4) is 0 Å². The van der Waals surface area contributed by atoms with Gasteiger partial charge < -0.3 is 10.1 Å². The molecular weight excluding hydrogens is 412 g/mol. The number of halogens is 1. The zero-order valence-corrected chi connectivity index (χ0v) is 17.9. The van der Waals surface area contributed by atoms with Crippen molar-refractivity contribution in [1.82, 2.24) is 9.62 Å². The van der Waals surface area contributed by atoms with Crippen LogP contribution in [0.5, 0.6) is 5.75 Å². The van der Waals surface area contributed by atoms with E-state index >= 15 is 0 Å². The maximum atomic E-state index is 12.7. The number of benzene rings is 2. The maximum Gasteiger partial charge on any atom is 0.243 e. The lowest BCUT2D eigenvalue weighted by Crippen LogP contribution is -2.43. The van der Waals surface area contributed by atoms with Gasteiger partial charge in [-0.15, -0.1) is 0 Å². The number of carbonyl (C=O) groups is 1. The molecule has 1 saturated heterocycles. The summed E-state index contributed by atoms with van der Waals surface area (Å²) in [6, 6.07) is 13.9. The Morgan fingerprint density at radius 2 is 1.86 bits per heavy atom. The van der Waals surface area contributed by atoms with E-state index in [1.165, 1.54) is 4.31 Å². The van der Waals surface area contributed by atoms with Gasteiger partial charge >= 0.3 is 0 Å². The minimum Gasteiger partial charge on any atom is -0.492 e. The van der Waals surface area contributed by atoms with Gasteiger partial charge in [0, 0.05) is 24.0 Å². The Hall–Kier alpha value is -2.09. The van der Waals surface area contributed by atoms with Crippen molar-refractivity contribution < 1.29 is 17.9 Å². The molecule has 0 atom stereocenters. The van der Waals surface area contributed by atoms with Crippen molar-refractivity contribution in [3.8, 4) is 5.75 Å². The SMILES string of the molecule is Cc1ccc(S(=O)(=O)N2CCC(C(=O)NCCOc3cccc(Cl)c3)CC2)cc1. The third-order valence-corrected chi connectivity index (χ3v) is 7.10. The van der Waals surface area contributed by atoms with Crippen LogP contribution in [-0.4, -0.2) is 44.9 Å². The van der Waals surface area contributed by atoms with Gasteiger partial charge in [-0.25, -0.2) is 8.42 Å². The van der Waals surface area contributed by atoms with Gasteiger partial charge in [-0.05, 0) is 50.1 Å². The summed E-state index contributed by atoms with van der Waals surface area (Å²) in [6.45, 7) is 3.32. The Kier molecular flexibility index (Phi) is 7.16. The van der Waals surface area contributed by atoms with E-state index in [9.17, 15) is 13.2 Å². The number of hydrogen-bond acceptors (Lipinski definition) is 4. The highest BCUT2D eigenvalue weighted by Crippen LogP contribution is 2.24.